The van der Waals surface area contributed by atoms with Gasteiger partial charge >= 0.3 is 11.9 Å². The molecule has 0 bridgehead atoms. The van der Waals surface area contributed by atoms with Gasteiger partial charge in [-0.1, -0.05) is 77.8 Å². The van der Waals surface area contributed by atoms with E-state index in [1.165, 1.54) is 11.1 Å². The maximum atomic E-state index is 14.5. The second kappa shape index (κ2) is 16.2. The van der Waals surface area contributed by atoms with E-state index in [9.17, 15) is 19.5 Å². The molecule has 9 unspecified atom stereocenters. The molecule has 1 aromatic carbocycles. The topological polar surface area (TPSA) is 96.4 Å². The van der Waals surface area contributed by atoms with Gasteiger partial charge in [-0.05, 0) is 142 Å². The van der Waals surface area contributed by atoms with Crippen molar-refractivity contribution < 1.29 is 29.0 Å². The van der Waals surface area contributed by atoms with Crippen LogP contribution in [0.5, 0.6) is 0 Å². The Morgan fingerprint density at radius 3 is 2.19 bits per heavy atom. The highest BCUT2D eigenvalue weighted by atomic mass is 35.5. The standard InChI is InChI=1S/C49H75ClN2O6/c1-31(2)41-35(53)27-49(39(57-12)30-52(26-25-51(10)11)29-32-13-15-33(50)16-14-32)24-23-47(8)34(42(41)49)17-18-37-46(7)21-20-38(58-40(54)28-44(3,4)43(55)56)45(5,6)36(46)19-22-48(37,47)9/h13-16,31,34,36-39H,17-30H2,1-12H3,(H,55,56). The lowest BCUT2D eigenvalue weighted by Crippen LogP contribution is -2.66. The molecule has 0 amide bonds. The number of likely N-dealkylation sites (N-methyl/N-ethyl adjacent to an activating group) is 1. The molecule has 324 valence electrons. The van der Waals surface area contributed by atoms with Crippen LogP contribution in [-0.4, -0.2) is 85.7 Å². The number of carbonyl (C=O) groups excluding carboxylic acids is 2. The molecule has 0 radical (unpaired) electrons. The summed E-state index contributed by atoms with van der Waals surface area (Å²) in [5.74, 6) is 0.300. The van der Waals surface area contributed by atoms with Crippen molar-refractivity contribution in [2.45, 2.75) is 145 Å². The van der Waals surface area contributed by atoms with E-state index in [4.69, 9.17) is 21.1 Å². The van der Waals surface area contributed by atoms with Gasteiger partial charge < -0.3 is 19.5 Å². The Labute approximate surface area is 355 Å². The molecule has 0 heterocycles. The zero-order valence-corrected chi connectivity index (χ0v) is 38.7. The molecule has 8 nitrogen and oxygen atoms in total. The number of nitrogens with zero attached hydrogens (tertiary/aromatic N) is 2. The minimum Gasteiger partial charge on any atom is -0.481 e. The smallest absolute Gasteiger partial charge is 0.309 e. The van der Waals surface area contributed by atoms with Crippen molar-refractivity contribution in [1.29, 1.82) is 0 Å². The number of hydrogen-bond donors (Lipinski definition) is 1. The molecule has 4 saturated carbocycles. The van der Waals surface area contributed by atoms with Gasteiger partial charge in [0.15, 0.2) is 5.78 Å². The fraction of sp³-hybridized carbons (Fsp3) is 0.776. The molecular weight excluding hydrogens is 748 g/mol. The summed E-state index contributed by atoms with van der Waals surface area (Å²) in [7, 11) is 6.12. The fourth-order valence-electron chi connectivity index (χ4n) is 14.0. The van der Waals surface area contributed by atoms with Crippen molar-refractivity contribution in [3.63, 3.8) is 0 Å². The summed E-state index contributed by atoms with van der Waals surface area (Å²) in [6.45, 7) is 23.4. The van der Waals surface area contributed by atoms with Crippen LogP contribution in [0, 0.1) is 56.2 Å². The quantitative estimate of drug-likeness (QED) is 0.185. The molecular formula is C49H75ClN2O6. The number of fused-ring (bicyclic) bond motifs is 7. The van der Waals surface area contributed by atoms with Gasteiger partial charge in [0.1, 0.15) is 6.10 Å². The third kappa shape index (κ3) is 7.65. The number of ether oxygens (including phenoxy) is 2. The Morgan fingerprint density at radius 1 is 0.914 bits per heavy atom. The van der Waals surface area contributed by atoms with Crippen LogP contribution < -0.4 is 0 Å². The van der Waals surface area contributed by atoms with Crippen molar-refractivity contribution in [2.75, 3.05) is 40.8 Å². The normalized spacial score (nSPS) is 35.1. The number of Topliss-reactive ketones (excluding diaryl/α,β-unsaturated/α-hetero) is 1. The van der Waals surface area contributed by atoms with E-state index >= 15 is 0 Å². The third-order valence-electron chi connectivity index (χ3n) is 17.4. The molecule has 1 N–H and O–H groups in total. The van der Waals surface area contributed by atoms with Crippen LogP contribution in [0.3, 0.4) is 0 Å². The Hall–Kier alpha value is -2.26. The van der Waals surface area contributed by atoms with E-state index < -0.39 is 17.4 Å². The second-order valence-corrected chi connectivity index (χ2v) is 22.4. The highest BCUT2D eigenvalue weighted by molar-refractivity contribution is 6.30. The lowest BCUT2D eigenvalue weighted by molar-refractivity contribution is -0.235. The van der Waals surface area contributed by atoms with E-state index in [0.29, 0.717) is 30.0 Å². The molecule has 5 aliphatic carbocycles. The van der Waals surface area contributed by atoms with E-state index in [2.05, 4.69) is 84.5 Å². The molecule has 9 atom stereocenters. The number of halogens is 1. The Bertz CT molecular complexity index is 1750. The first-order valence-corrected chi connectivity index (χ1v) is 22.7. The minimum atomic E-state index is -1.16. The zero-order chi connectivity index (χ0) is 42.8. The maximum absolute atomic E-state index is 14.5. The Balaban J connectivity index is 1.30. The number of benzene rings is 1. The Morgan fingerprint density at radius 2 is 1.59 bits per heavy atom. The number of carboxylic acids is 1. The van der Waals surface area contributed by atoms with Crippen LogP contribution in [0.25, 0.3) is 0 Å². The first kappa shape index (κ1) is 45.3. The van der Waals surface area contributed by atoms with Crippen LogP contribution in [0.2, 0.25) is 5.02 Å². The van der Waals surface area contributed by atoms with Crippen LogP contribution in [0.15, 0.2) is 35.4 Å². The molecule has 5 aliphatic rings. The summed E-state index contributed by atoms with van der Waals surface area (Å²) < 4.78 is 12.9. The number of ketones is 1. The number of carboxylic acid groups (broad SMARTS) is 1. The summed E-state index contributed by atoms with van der Waals surface area (Å²) in [4.78, 5) is 44.3. The molecule has 58 heavy (non-hydrogen) atoms. The highest BCUT2D eigenvalue weighted by Crippen LogP contribution is 2.77. The maximum Gasteiger partial charge on any atom is 0.309 e. The van der Waals surface area contributed by atoms with Crippen molar-refractivity contribution in [2.24, 2.45) is 56.2 Å². The van der Waals surface area contributed by atoms with Crippen LogP contribution >= 0.6 is 11.6 Å². The average Bonchev–Trinajstić information content (AvgIpc) is 3.44. The first-order valence-electron chi connectivity index (χ1n) is 22.3. The van der Waals surface area contributed by atoms with Gasteiger partial charge in [0.05, 0.1) is 17.9 Å². The summed E-state index contributed by atoms with van der Waals surface area (Å²) in [6.07, 6.45) is 8.27. The molecule has 0 spiro atoms. The monoisotopic (exact) mass is 823 g/mol. The van der Waals surface area contributed by atoms with E-state index in [1.807, 2.05) is 19.2 Å². The second-order valence-electron chi connectivity index (χ2n) is 21.9. The largest absolute Gasteiger partial charge is 0.481 e. The summed E-state index contributed by atoms with van der Waals surface area (Å²) in [6, 6.07) is 8.18. The van der Waals surface area contributed by atoms with Gasteiger partial charge in [-0.15, -0.1) is 0 Å². The SMILES string of the molecule is COC(CN(CCN(C)C)Cc1ccc(Cl)cc1)C12CCC3(C)C(CCC4C5(C)CCC(OC(=O)CC(C)(C)C(=O)O)C(C)(C)C5CCC43C)C1=C(C(C)C)C(=O)C2. The summed E-state index contributed by atoms with van der Waals surface area (Å²) in [5, 5.41) is 10.4. The van der Waals surface area contributed by atoms with Gasteiger partial charge in [-0.3, -0.25) is 19.3 Å². The molecule has 6 rings (SSSR count). The first-order chi connectivity index (χ1) is 27.0. The highest BCUT2D eigenvalue weighted by Gasteiger charge is 2.71. The fourth-order valence-corrected chi connectivity index (χ4v) is 14.2. The predicted octanol–water partition coefficient (Wildman–Crippen LogP) is 10.1. The molecule has 0 saturated heterocycles. The van der Waals surface area contributed by atoms with Crippen molar-refractivity contribution in [3.8, 4) is 0 Å². The zero-order valence-electron chi connectivity index (χ0n) is 37.9. The number of allylic oxidation sites excluding steroid dienone is 1. The van der Waals surface area contributed by atoms with E-state index in [1.54, 1.807) is 13.8 Å². The third-order valence-corrected chi connectivity index (χ3v) is 17.6. The lowest BCUT2D eigenvalue weighted by atomic mass is 9.33. The van der Waals surface area contributed by atoms with Crippen LogP contribution in [0.4, 0.5) is 0 Å². The van der Waals surface area contributed by atoms with Crippen LogP contribution in [-0.2, 0) is 30.4 Å². The van der Waals surface area contributed by atoms with Gasteiger partial charge in [-0.25, -0.2) is 0 Å². The van der Waals surface area contributed by atoms with E-state index in [-0.39, 0.29) is 51.6 Å². The molecule has 1 aromatic rings. The molecule has 9 heteroatoms. The van der Waals surface area contributed by atoms with E-state index in [0.717, 1.165) is 88.1 Å². The molecule has 0 aliphatic heterocycles. The van der Waals surface area contributed by atoms with Crippen LogP contribution in [0.1, 0.15) is 132 Å². The number of hydrogen-bond acceptors (Lipinski definition) is 7. The van der Waals surface area contributed by atoms with Gasteiger partial charge in [0.25, 0.3) is 0 Å². The summed E-state index contributed by atoms with van der Waals surface area (Å²) in [5.41, 5.74) is 2.21. The number of esters is 1. The van der Waals surface area contributed by atoms with Gasteiger partial charge in [-0.2, -0.15) is 0 Å². The van der Waals surface area contributed by atoms with Crippen molar-refractivity contribution in [1.82, 2.24) is 9.80 Å². The summed E-state index contributed by atoms with van der Waals surface area (Å²) >= 11 is 6.28. The molecule has 4 fully saturated rings. The number of rotatable bonds is 14. The Kier molecular flexibility index (Phi) is 12.7. The van der Waals surface area contributed by atoms with Crippen molar-refractivity contribution in [3.05, 3.63) is 46.0 Å². The number of aliphatic carboxylic acids is 1. The predicted molar refractivity (Wildman–Crippen MR) is 231 cm³/mol. The minimum absolute atomic E-state index is 0.0234. The lowest BCUT2D eigenvalue weighted by Gasteiger charge is -2.72. The van der Waals surface area contributed by atoms with Gasteiger partial charge in [0.2, 0.25) is 0 Å². The number of methoxy groups -OCH3 is 1. The van der Waals surface area contributed by atoms with Gasteiger partial charge in [0, 0.05) is 55.6 Å². The average molecular weight is 824 g/mol. The molecule has 0 aromatic heterocycles. The van der Waals surface area contributed by atoms with Crippen molar-refractivity contribution >= 4 is 29.3 Å². The number of carbonyl (C=O) groups is 3.